The predicted molar refractivity (Wildman–Crippen MR) is 44.6 cm³/mol. The Morgan fingerprint density at radius 2 is 2.00 bits per heavy atom. The SMILES string of the molecule is CC(C)(C)C(F)CC(N)C(=O)O. The van der Waals surface area contributed by atoms with Gasteiger partial charge in [-0.1, -0.05) is 20.8 Å². The van der Waals surface area contributed by atoms with Crippen molar-refractivity contribution >= 4 is 5.97 Å². The van der Waals surface area contributed by atoms with Crippen molar-refractivity contribution in [3.05, 3.63) is 0 Å². The van der Waals surface area contributed by atoms with Crippen LogP contribution in [-0.2, 0) is 4.79 Å². The lowest BCUT2D eigenvalue weighted by Crippen LogP contribution is -2.36. The lowest BCUT2D eigenvalue weighted by atomic mass is 9.87. The van der Waals surface area contributed by atoms with Gasteiger partial charge >= 0.3 is 5.97 Å². The van der Waals surface area contributed by atoms with Gasteiger partial charge in [0.2, 0.25) is 0 Å². The van der Waals surface area contributed by atoms with Gasteiger partial charge in [0.1, 0.15) is 12.2 Å². The number of hydrogen-bond acceptors (Lipinski definition) is 2. The molecule has 0 fully saturated rings. The Hall–Kier alpha value is -0.640. The van der Waals surface area contributed by atoms with E-state index in [1.165, 1.54) is 0 Å². The highest BCUT2D eigenvalue weighted by Gasteiger charge is 2.28. The summed E-state index contributed by atoms with van der Waals surface area (Å²) in [5.41, 5.74) is 4.64. The van der Waals surface area contributed by atoms with Crippen LogP contribution < -0.4 is 5.73 Å². The first-order valence-electron chi connectivity index (χ1n) is 3.87. The van der Waals surface area contributed by atoms with Crippen LogP contribution in [0, 0.1) is 5.41 Å². The number of halogens is 1. The average Bonchev–Trinajstić information content (AvgIpc) is 1.85. The van der Waals surface area contributed by atoms with E-state index in [0.29, 0.717) is 0 Å². The van der Waals surface area contributed by atoms with Gasteiger partial charge in [-0.25, -0.2) is 4.39 Å². The molecule has 0 saturated heterocycles. The summed E-state index contributed by atoms with van der Waals surface area (Å²) in [6.07, 6.45) is -1.30. The molecule has 0 aliphatic carbocycles. The van der Waals surface area contributed by atoms with Crippen LogP contribution in [-0.4, -0.2) is 23.3 Å². The Balaban J connectivity index is 4.01. The molecule has 0 aromatic heterocycles. The van der Waals surface area contributed by atoms with Crippen molar-refractivity contribution in [1.29, 1.82) is 0 Å². The van der Waals surface area contributed by atoms with Crippen LogP contribution in [0.5, 0.6) is 0 Å². The van der Waals surface area contributed by atoms with E-state index in [9.17, 15) is 9.18 Å². The minimum atomic E-state index is -1.18. The first-order valence-corrected chi connectivity index (χ1v) is 3.87. The number of rotatable bonds is 3. The van der Waals surface area contributed by atoms with Crippen LogP contribution in [0.3, 0.4) is 0 Å². The molecule has 0 aliphatic heterocycles. The van der Waals surface area contributed by atoms with Gasteiger partial charge in [0.05, 0.1) is 0 Å². The number of hydrogen-bond donors (Lipinski definition) is 2. The zero-order chi connectivity index (χ0) is 9.94. The molecular weight excluding hydrogens is 161 g/mol. The fraction of sp³-hybridized carbons (Fsp3) is 0.875. The van der Waals surface area contributed by atoms with Crippen LogP contribution in [0.25, 0.3) is 0 Å². The topological polar surface area (TPSA) is 63.3 Å². The minimum Gasteiger partial charge on any atom is -0.480 e. The molecule has 12 heavy (non-hydrogen) atoms. The van der Waals surface area contributed by atoms with Gasteiger partial charge in [0.15, 0.2) is 0 Å². The summed E-state index contributed by atoms with van der Waals surface area (Å²) in [4.78, 5) is 10.3. The zero-order valence-corrected chi connectivity index (χ0v) is 7.67. The second-order valence-electron chi connectivity index (χ2n) is 4.01. The molecule has 0 bridgehead atoms. The van der Waals surface area contributed by atoms with E-state index in [0.717, 1.165) is 0 Å². The number of carboxylic acid groups (broad SMARTS) is 1. The van der Waals surface area contributed by atoms with E-state index < -0.39 is 23.6 Å². The molecule has 3 nitrogen and oxygen atoms in total. The van der Waals surface area contributed by atoms with Crippen LogP contribution in [0.4, 0.5) is 4.39 Å². The third-order valence-corrected chi connectivity index (χ3v) is 1.72. The highest BCUT2D eigenvalue weighted by molar-refractivity contribution is 5.73. The quantitative estimate of drug-likeness (QED) is 0.680. The molecule has 0 aliphatic rings. The number of alkyl halides is 1. The second-order valence-corrected chi connectivity index (χ2v) is 4.01. The minimum absolute atomic E-state index is 0.126. The highest BCUT2D eigenvalue weighted by Crippen LogP contribution is 2.25. The number of aliphatic carboxylic acids is 1. The molecular formula is C8H16FNO2. The summed E-state index contributed by atoms with van der Waals surface area (Å²) in [5.74, 6) is -1.15. The predicted octanol–water partition coefficient (Wildman–Crippen LogP) is 1.17. The van der Waals surface area contributed by atoms with Crippen LogP contribution in [0.15, 0.2) is 0 Å². The Morgan fingerprint density at radius 1 is 1.58 bits per heavy atom. The maximum atomic E-state index is 13.2. The fourth-order valence-corrected chi connectivity index (χ4v) is 0.677. The largest absolute Gasteiger partial charge is 0.480 e. The van der Waals surface area contributed by atoms with Crippen LogP contribution >= 0.6 is 0 Å². The van der Waals surface area contributed by atoms with Gasteiger partial charge in [0, 0.05) is 6.42 Å². The number of nitrogens with two attached hydrogens (primary N) is 1. The Kier molecular flexibility index (Phi) is 3.64. The molecule has 0 saturated carbocycles. The molecule has 72 valence electrons. The van der Waals surface area contributed by atoms with Gasteiger partial charge in [-0.05, 0) is 5.41 Å². The average molecular weight is 177 g/mol. The smallest absolute Gasteiger partial charge is 0.320 e. The molecule has 0 aromatic carbocycles. The van der Waals surface area contributed by atoms with Gasteiger partial charge in [-0.2, -0.15) is 0 Å². The third-order valence-electron chi connectivity index (χ3n) is 1.72. The maximum Gasteiger partial charge on any atom is 0.320 e. The van der Waals surface area contributed by atoms with Crippen molar-refractivity contribution < 1.29 is 14.3 Å². The van der Waals surface area contributed by atoms with E-state index in [-0.39, 0.29) is 6.42 Å². The number of carbonyl (C=O) groups is 1. The Labute approximate surface area is 71.8 Å². The molecule has 0 spiro atoms. The van der Waals surface area contributed by atoms with E-state index in [2.05, 4.69) is 0 Å². The molecule has 0 amide bonds. The van der Waals surface area contributed by atoms with E-state index in [1.54, 1.807) is 20.8 Å². The van der Waals surface area contributed by atoms with Crippen molar-refractivity contribution in [2.75, 3.05) is 0 Å². The summed E-state index contributed by atoms with van der Waals surface area (Å²) in [6, 6.07) is -1.10. The molecule has 0 radical (unpaired) electrons. The van der Waals surface area contributed by atoms with Crippen molar-refractivity contribution in [2.24, 2.45) is 11.1 Å². The zero-order valence-electron chi connectivity index (χ0n) is 7.67. The van der Waals surface area contributed by atoms with Gasteiger partial charge < -0.3 is 10.8 Å². The monoisotopic (exact) mass is 177 g/mol. The van der Waals surface area contributed by atoms with Gasteiger partial charge in [-0.3, -0.25) is 4.79 Å². The first kappa shape index (κ1) is 11.4. The maximum absolute atomic E-state index is 13.2. The molecule has 0 heterocycles. The summed E-state index contributed by atoms with van der Waals surface area (Å²) in [5, 5.41) is 8.40. The number of carboxylic acids is 1. The van der Waals surface area contributed by atoms with E-state index >= 15 is 0 Å². The summed E-state index contributed by atoms with van der Waals surface area (Å²) in [7, 11) is 0. The molecule has 3 N–H and O–H groups in total. The lowest BCUT2D eigenvalue weighted by Gasteiger charge is -2.24. The molecule has 4 heteroatoms. The summed E-state index contributed by atoms with van der Waals surface area (Å²) >= 11 is 0. The van der Waals surface area contributed by atoms with Crippen LogP contribution in [0.2, 0.25) is 0 Å². The van der Waals surface area contributed by atoms with E-state index in [4.69, 9.17) is 10.8 Å². The normalized spacial score (nSPS) is 17.1. The van der Waals surface area contributed by atoms with Crippen molar-refractivity contribution in [2.45, 2.75) is 39.4 Å². The first-order chi connectivity index (χ1) is 5.25. The third kappa shape index (κ3) is 3.67. The lowest BCUT2D eigenvalue weighted by molar-refractivity contribution is -0.139. The standard InChI is InChI=1S/C8H16FNO2/c1-8(2,3)6(9)4-5(10)7(11)12/h5-6H,4,10H2,1-3H3,(H,11,12). The molecule has 2 unspecified atom stereocenters. The summed E-state index contributed by atoms with van der Waals surface area (Å²) < 4.78 is 13.2. The second kappa shape index (κ2) is 3.85. The highest BCUT2D eigenvalue weighted by atomic mass is 19.1. The summed E-state index contributed by atoms with van der Waals surface area (Å²) in [6.45, 7) is 5.14. The fourth-order valence-electron chi connectivity index (χ4n) is 0.677. The molecule has 2 atom stereocenters. The van der Waals surface area contributed by atoms with Crippen LogP contribution in [0.1, 0.15) is 27.2 Å². The van der Waals surface area contributed by atoms with Crippen molar-refractivity contribution in [3.8, 4) is 0 Å². The van der Waals surface area contributed by atoms with Gasteiger partial charge in [0.25, 0.3) is 0 Å². The molecule has 0 rings (SSSR count). The van der Waals surface area contributed by atoms with Gasteiger partial charge in [-0.15, -0.1) is 0 Å². The van der Waals surface area contributed by atoms with E-state index in [1.807, 2.05) is 0 Å². The Bertz CT molecular complexity index is 165. The van der Waals surface area contributed by atoms with Crippen molar-refractivity contribution in [3.63, 3.8) is 0 Å². The molecule has 0 aromatic rings. The van der Waals surface area contributed by atoms with Crippen molar-refractivity contribution in [1.82, 2.24) is 0 Å². The Morgan fingerprint density at radius 3 is 2.25 bits per heavy atom.